The first-order chi connectivity index (χ1) is 14.2. The highest BCUT2D eigenvalue weighted by molar-refractivity contribution is 5.93. The van der Waals surface area contributed by atoms with Crippen LogP contribution in [-0.2, 0) is 4.79 Å². The summed E-state index contributed by atoms with van der Waals surface area (Å²) < 4.78 is 0. The number of carbonyl (C=O) groups excluding carboxylic acids is 1. The standard InChI is InChI=1S/C27H40NO/c1-3-4-5-6-7-8-9-10-11-12-13-14-15-16-17-27(26(22-28)23-29)25-20-18-24(2)19-21-25/h18-21H,3-17H2,1-2H3. The summed E-state index contributed by atoms with van der Waals surface area (Å²) in [5.74, 6) is 0. The molecule has 0 saturated carbocycles. The van der Waals surface area contributed by atoms with Crippen molar-refractivity contribution in [1.29, 1.82) is 5.26 Å². The van der Waals surface area contributed by atoms with E-state index in [1.165, 1.54) is 82.6 Å². The average molecular weight is 395 g/mol. The molecule has 0 saturated heterocycles. The third-order valence-corrected chi connectivity index (χ3v) is 5.70. The van der Waals surface area contributed by atoms with Gasteiger partial charge < -0.3 is 0 Å². The number of hydrogen-bond acceptors (Lipinski definition) is 2. The van der Waals surface area contributed by atoms with Crippen molar-refractivity contribution in [3.63, 3.8) is 0 Å². The molecule has 1 rings (SSSR count). The van der Waals surface area contributed by atoms with Gasteiger partial charge >= 0.3 is 0 Å². The predicted molar refractivity (Wildman–Crippen MR) is 124 cm³/mol. The van der Waals surface area contributed by atoms with E-state index in [4.69, 9.17) is 0 Å². The van der Waals surface area contributed by atoms with Crippen LogP contribution in [-0.4, -0.2) is 6.29 Å². The zero-order chi connectivity index (χ0) is 21.2. The number of nitrogens with zero attached hydrogens (tertiary/aromatic N) is 1. The summed E-state index contributed by atoms with van der Waals surface area (Å²) in [5, 5.41) is 9.26. The summed E-state index contributed by atoms with van der Waals surface area (Å²) in [6.45, 7) is 4.31. The van der Waals surface area contributed by atoms with Gasteiger partial charge in [0.25, 0.3) is 0 Å². The number of allylic oxidation sites excluding steroid dienone is 2. The van der Waals surface area contributed by atoms with Crippen LogP contribution in [0.5, 0.6) is 0 Å². The second kappa shape index (κ2) is 17.0. The molecule has 0 unspecified atom stereocenters. The third kappa shape index (κ3) is 11.6. The molecule has 0 heterocycles. The van der Waals surface area contributed by atoms with E-state index >= 15 is 0 Å². The number of aryl methyl sites for hydroxylation is 1. The lowest BCUT2D eigenvalue weighted by Gasteiger charge is -2.09. The molecule has 0 fully saturated rings. The minimum atomic E-state index is 0.156. The summed E-state index contributed by atoms with van der Waals surface area (Å²) in [4.78, 5) is 11.2. The van der Waals surface area contributed by atoms with Crippen molar-refractivity contribution < 1.29 is 4.79 Å². The fourth-order valence-electron chi connectivity index (χ4n) is 3.82. The molecule has 2 nitrogen and oxygen atoms in total. The van der Waals surface area contributed by atoms with Crippen molar-refractivity contribution in [2.45, 2.75) is 110 Å². The lowest BCUT2D eigenvalue weighted by Crippen LogP contribution is -1.93. The number of unbranched alkanes of at least 4 members (excludes halogenated alkanes) is 13. The largest absolute Gasteiger partial charge is 0.284 e. The first-order valence-electron chi connectivity index (χ1n) is 11.8. The molecule has 0 atom stereocenters. The quantitative estimate of drug-likeness (QED) is 0.151. The zero-order valence-corrected chi connectivity index (χ0v) is 18.8. The smallest absolute Gasteiger partial charge is 0.245 e. The Hall–Kier alpha value is -1.88. The molecule has 1 aromatic rings. The lowest BCUT2D eigenvalue weighted by atomic mass is 9.94. The first kappa shape index (κ1) is 25.2. The molecule has 1 aromatic carbocycles. The van der Waals surface area contributed by atoms with Crippen molar-refractivity contribution >= 4 is 11.9 Å². The van der Waals surface area contributed by atoms with E-state index in [2.05, 4.69) is 6.92 Å². The second-order valence-electron chi connectivity index (χ2n) is 8.28. The monoisotopic (exact) mass is 394 g/mol. The fraction of sp³-hybridized carbons (Fsp3) is 0.630. The molecule has 0 aromatic heterocycles. The molecular formula is C27H40NO. The van der Waals surface area contributed by atoms with Gasteiger partial charge in [-0.2, -0.15) is 5.26 Å². The summed E-state index contributed by atoms with van der Waals surface area (Å²) in [6, 6.07) is 10.1. The first-order valence-corrected chi connectivity index (χ1v) is 11.8. The number of benzene rings is 1. The zero-order valence-electron chi connectivity index (χ0n) is 18.8. The van der Waals surface area contributed by atoms with Gasteiger partial charge in [0.15, 0.2) is 0 Å². The van der Waals surface area contributed by atoms with Crippen LogP contribution in [0, 0.1) is 18.3 Å². The number of rotatable bonds is 17. The highest BCUT2D eigenvalue weighted by Crippen LogP contribution is 2.25. The Balaban J connectivity index is 2.16. The van der Waals surface area contributed by atoms with Gasteiger partial charge in [-0.3, -0.25) is 4.79 Å². The Morgan fingerprint density at radius 2 is 1.21 bits per heavy atom. The van der Waals surface area contributed by atoms with Crippen LogP contribution in [0.25, 0.3) is 5.57 Å². The van der Waals surface area contributed by atoms with Crippen LogP contribution in [0.1, 0.15) is 114 Å². The maximum Gasteiger partial charge on any atom is 0.245 e. The molecule has 0 bridgehead atoms. The predicted octanol–water partition coefficient (Wildman–Crippen LogP) is 8.25. The van der Waals surface area contributed by atoms with Crippen molar-refractivity contribution in [1.82, 2.24) is 0 Å². The highest BCUT2D eigenvalue weighted by atomic mass is 16.1. The summed E-state index contributed by atoms with van der Waals surface area (Å²) in [6.07, 6.45) is 21.2. The van der Waals surface area contributed by atoms with Crippen LogP contribution in [0.3, 0.4) is 0 Å². The van der Waals surface area contributed by atoms with Gasteiger partial charge in [0, 0.05) is 0 Å². The van der Waals surface area contributed by atoms with E-state index in [1.54, 1.807) is 0 Å². The van der Waals surface area contributed by atoms with Gasteiger partial charge in [0.2, 0.25) is 6.29 Å². The molecule has 0 spiro atoms. The van der Waals surface area contributed by atoms with Crippen molar-refractivity contribution in [2.75, 3.05) is 0 Å². The van der Waals surface area contributed by atoms with Crippen molar-refractivity contribution in [3.8, 4) is 6.07 Å². The average Bonchev–Trinajstić information content (AvgIpc) is 2.74. The van der Waals surface area contributed by atoms with E-state index in [0.717, 1.165) is 30.4 Å². The van der Waals surface area contributed by atoms with Gasteiger partial charge in [-0.1, -0.05) is 120 Å². The van der Waals surface area contributed by atoms with E-state index in [-0.39, 0.29) is 5.57 Å². The van der Waals surface area contributed by atoms with Crippen LogP contribution in [0.2, 0.25) is 0 Å². The number of nitriles is 1. The summed E-state index contributed by atoms with van der Waals surface area (Å²) in [7, 11) is 0. The fourth-order valence-corrected chi connectivity index (χ4v) is 3.82. The molecule has 0 aliphatic carbocycles. The van der Waals surface area contributed by atoms with E-state index < -0.39 is 0 Å². The van der Waals surface area contributed by atoms with E-state index in [9.17, 15) is 10.1 Å². The minimum absolute atomic E-state index is 0.156. The van der Waals surface area contributed by atoms with Gasteiger partial charge in [-0.15, -0.1) is 0 Å². The minimum Gasteiger partial charge on any atom is -0.284 e. The van der Waals surface area contributed by atoms with E-state index in [0.29, 0.717) is 0 Å². The Labute approximate surface area is 179 Å². The maximum atomic E-state index is 11.2. The normalized spacial score (nSPS) is 11.8. The summed E-state index contributed by atoms with van der Waals surface area (Å²) in [5.41, 5.74) is 3.16. The molecule has 29 heavy (non-hydrogen) atoms. The van der Waals surface area contributed by atoms with Gasteiger partial charge in [-0.25, -0.2) is 0 Å². The van der Waals surface area contributed by atoms with Crippen LogP contribution in [0.4, 0.5) is 0 Å². The van der Waals surface area contributed by atoms with Gasteiger partial charge in [0.1, 0.15) is 11.6 Å². The Kier molecular flexibility index (Phi) is 14.8. The molecule has 0 aliphatic rings. The van der Waals surface area contributed by atoms with Crippen molar-refractivity contribution in [3.05, 3.63) is 41.0 Å². The van der Waals surface area contributed by atoms with Gasteiger partial charge in [-0.05, 0) is 30.9 Å². The SMILES string of the molecule is CCCCCCCCCCCCCCCCC(=C([C]=O)C#N)c1ccc(C)cc1. The van der Waals surface area contributed by atoms with Crippen LogP contribution >= 0.6 is 0 Å². The topological polar surface area (TPSA) is 40.9 Å². The molecule has 0 amide bonds. The van der Waals surface area contributed by atoms with Crippen LogP contribution < -0.4 is 0 Å². The Bertz CT molecular complexity index is 621. The van der Waals surface area contributed by atoms with Crippen LogP contribution in [0.15, 0.2) is 29.8 Å². The lowest BCUT2D eigenvalue weighted by molar-refractivity contribution is 0.536. The highest BCUT2D eigenvalue weighted by Gasteiger charge is 2.09. The van der Waals surface area contributed by atoms with E-state index in [1.807, 2.05) is 43.5 Å². The van der Waals surface area contributed by atoms with Gasteiger partial charge in [0.05, 0.1) is 0 Å². The molecular weight excluding hydrogens is 354 g/mol. The molecule has 0 N–H and O–H groups in total. The Morgan fingerprint density at radius 3 is 1.62 bits per heavy atom. The third-order valence-electron chi connectivity index (χ3n) is 5.70. The maximum absolute atomic E-state index is 11.2. The summed E-state index contributed by atoms with van der Waals surface area (Å²) >= 11 is 0. The van der Waals surface area contributed by atoms with Crippen molar-refractivity contribution in [2.24, 2.45) is 0 Å². The Morgan fingerprint density at radius 1 is 0.759 bits per heavy atom. The number of hydrogen-bond donors (Lipinski definition) is 0. The molecule has 1 radical (unpaired) electrons. The second-order valence-corrected chi connectivity index (χ2v) is 8.28. The molecule has 159 valence electrons. The molecule has 2 heteroatoms. The molecule has 0 aliphatic heterocycles.